The van der Waals surface area contributed by atoms with Crippen molar-refractivity contribution in [3.8, 4) is 0 Å². The summed E-state index contributed by atoms with van der Waals surface area (Å²) in [6.45, 7) is 0.587. The van der Waals surface area contributed by atoms with Crippen molar-refractivity contribution in [3.63, 3.8) is 0 Å². The van der Waals surface area contributed by atoms with Gasteiger partial charge >= 0.3 is 0 Å². The lowest BCUT2D eigenvalue weighted by Gasteiger charge is -2.12. The van der Waals surface area contributed by atoms with Crippen LogP contribution in [-0.4, -0.2) is 12.5 Å². The van der Waals surface area contributed by atoms with Gasteiger partial charge in [0.2, 0.25) is 5.91 Å². The van der Waals surface area contributed by atoms with Crippen LogP contribution in [0.4, 0.5) is 11.4 Å². The minimum absolute atomic E-state index is 0.0911. The SMILES string of the molecule is O=C(Nc1cccc(Cl)c1Cl)C1CNc2ccccc21. The minimum atomic E-state index is -0.221. The zero-order valence-corrected chi connectivity index (χ0v) is 12.0. The Morgan fingerprint density at radius 1 is 1.15 bits per heavy atom. The van der Waals surface area contributed by atoms with Crippen LogP contribution >= 0.6 is 23.2 Å². The molecule has 1 amide bonds. The zero-order chi connectivity index (χ0) is 14.1. The summed E-state index contributed by atoms with van der Waals surface area (Å²) in [6.07, 6.45) is 0. The molecule has 0 spiro atoms. The Hall–Kier alpha value is -1.71. The van der Waals surface area contributed by atoms with Gasteiger partial charge in [-0.2, -0.15) is 0 Å². The van der Waals surface area contributed by atoms with Crippen LogP contribution in [0.2, 0.25) is 10.0 Å². The lowest BCUT2D eigenvalue weighted by atomic mass is 10.0. The van der Waals surface area contributed by atoms with E-state index in [0.29, 0.717) is 22.3 Å². The second kappa shape index (κ2) is 5.35. The van der Waals surface area contributed by atoms with Crippen molar-refractivity contribution in [3.05, 3.63) is 58.1 Å². The molecule has 2 aromatic carbocycles. The van der Waals surface area contributed by atoms with Crippen molar-refractivity contribution in [2.75, 3.05) is 17.2 Å². The molecular formula is C15H12Cl2N2O. The summed E-state index contributed by atoms with van der Waals surface area (Å²) >= 11 is 12.0. The van der Waals surface area contributed by atoms with Gasteiger partial charge in [0.25, 0.3) is 0 Å². The predicted octanol–water partition coefficient (Wildman–Crippen LogP) is 4.14. The van der Waals surface area contributed by atoms with Crippen LogP contribution in [0.25, 0.3) is 0 Å². The fourth-order valence-corrected chi connectivity index (χ4v) is 2.69. The molecule has 102 valence electrons. The van der Waals surface area contributed by atoms with Gasteiger partial charge in [-0.15, -0.1) is 0 Å². The van der Waals surface area contributed by atoms with Crippen molar-refractivity contribution >= 4 is 40.5 Å². The number of amides is 1. The number of benzene rings is 2. The Morgan fingerprint density at radius 2 is 1.95 bits per heavy atom. The maximum absolute atomic E-state index is 12.4. The number of nitrogens with one attached hydrogen (secondary N) is 2. The topological polar surface area (TPSA) is 41.1 Å². The first kappa shape index (κ1) is 13.3. The van der Waals surface area contributed by atoms with Crippen LogP contribution < -0.4 is 10.6 Å². The van der Waals surface area contributed by atoms with E-state index in [2.05, 4.69) is 10.6 Å². The summed E-state index contributed by atoms with van der Waals surface area (Å²) in [7, 11) is 0. The molecule has 1 atom stereocenters. The summed E-state index contributed by atoms with van der Waals surface area (Å²) < 4.78 is 0. The third-order valence-corrected chi connectivity index (χ3v) is 4.18. The normalized spacial score (nSPS) is 16.4. The number of fused-ring (bicyclic) bond motifs is 1. The lowest BCUT2D eigenvalue weighted by molar-refractivity contribution is -0.117. The molecule has 2 aromatic rings. The van der Waals surface area contributed by atoms with E-state index in [0.717, 1.165) is 11.3 Å². The Morgan fingerprint density at radius 3 is 2.80 bits per heavy atom. The average molecular weight is 307 g/mol. The summed E-state index contributed by atoms with van der Waals surface area (Å²) in [5.74, 6) is -0.312. The first-order valence-corrected chi connectivity index (χ1v) is 7.00. The number of halogens is 2. The maximum Gasteiger partial charge on any atom is 0.233 e. The Bertz CT molecular complexity index is 673. The Kier molecular flexibility index (Phi) is 3.55. The summed E-state index contributed by atoms with van der Waals surface area (Å²) in [5, 5.41) is 6.85. The highest BCUT2D eigenvalue weighted by Gasteiger charge is 2.28. The highest BCUT2D eigenvalue weighted by atomic mass is 35.5. The number of rotatable bonds is 2. The molecule has 0 aromatic heterocycles. The molecule has 5 heteroatoms. The van der Waals surface area contributed by atoms with Crippen LogP contribution in [-0.2, 0) is 4.79 Å². The zero-order valence-electron chi connectivity index (χ0n) is 10.5. The average Bonchev–Trinajstić information content (AvgIpc) is 2.88. The van der Waals surface area contributed by atoms with E-state index in [1.807, 2.05) is 24.3 Å². The molecule has 3 nitrogen and oxygen atoms in total. The number of carbonyl (C=O) groups is 1. The second-order valence-electron chi connectivity index (χ2n) is 4.61. The Labute approximate surface area is 126 Å². The van der Waals surface area contributed by atoms with Crippen molar-refractivity contribution in [2.24, 2.45) is 0 Å². The number of carbonyl (C=O) groups excluding carboxylic acids is 1. The molecular weight excluding hydrogens is 295 g/mol. The summed E-state index contributed by atoms with van der Waals surface area (Å²) in [4.78, 5) is 12.4. The maximum atomic E-state index is 12.4. The highest BCUT2D eigenvalue weighted by molar-refractivity contribution is 6.44. The van der Waals surface area contributed by atoms with Crippen LogP contribution in [0.1, 0.15) is 11.5 Å². The molecule has 1 aliphatic heterocycles. The first-order valence-electron chi connectivity index (χ1n) is 6.24. The van der Waals surface area contributed by atoms with E-state index in [1.165, 1.54) is 0 Å². The molecule has 2 N–H and O–H groups in total. The van der Waals surface area contributed by atoms with Crippen LogP contribution in [0, 0.1) is 0 Å². The molecule has 1 heterocycles. The number of hydrogen-bond acceptors (Lipinski definition) is 2. The van der Waals surface area contributed by atoms with E-state index in [9.17, 15) is 4.79 Å². The van der Waals surface area contributed by atoms with Gasteiger partial charge in [-0.25, -0.2) is 0 Å². The van der Waals surface area contributed by atoms with Crippen LogP contribution in [0.5, 0.6) is 0 Å². The van der Waals surface area contributed by atoms with Crippen molar-refractivity contribution < 1.29 is 4.79 Å². The molecule has 0 saturated heterocycles. The van der Waals surface area contributed by atoms with E-state index in [4.69, 9.17) is 23.2 Å². The quantitative estimate of drug-likeness (QED) is 0.875. The molecule has 0 radical (unpaired) electrons. The number of hydrogen-bond donors (Lipinski definition) is 2. The molecule has 0 fully saturated rings. The van der Waals surface area contributed by atoms with E-state index >= 15 is 0 Å². The Balaban J connectivity index is 1.83. The van der Waals surface area contributed by atoms with Crippen molar-refractivity contribution in [2.45, 2.75) is 5.92 Å². The number of para-hydroxylation sites is 1. The van der Waals surface area contributed by atoms with E-state index < -0.39 is 0 Å². The molecule has 0 aliphatic carbocycles. The highest BCUT2D eigenvalue weighted by Crippen LogP contribution is 2.34. The standard InChI is InChI=1S/C15H12Cl2N2O/c16-11-5-3-7-13(14(11)17)19-15(20)10-8-18-12-6-2-1-4-9(10)12/h1-7,10,18H,8H2,(H,19,20). The fraction of sp³-hybridized carbons (Fsp3) is 0.133. The van der Waals surface area contributed by atoms with Gasteiger partial charge in [0.05, 0.1) is 21.7 Å². The van der Waals surface area contributed by atoms with Crippen molar-refractivity contribution in [1.29, 1.82) is 0 Å². The molecule has 0 bridgehead atoms. The van der Waals surface area contributed by atoms with Gasteiger partial charge in [0.15, 0.2) is 0 Å². The fourth-order valence-electron chi connectivity index (χ4n) is 2.34. The summed E-state index contributed by atoms with van der Waals surface area (Å²) in [5.41, 5.74) is 2.54. The third kappa shape index (κ3) is 2.35. The van der Waals surface area contributed by atoms with Gasteiger partial charge in [0.1, 0.15) is 0 Å². The van der Waals surface area contributed by atoms with Gasteiger partial charge < -0.3 is 10.6 Å². The minimum Gasteiger partial charge on any atom is -0.384 e. The van der Waals surface area contributed by atoms with Gasteiger partial charge in [-0.3, -0.25) is 4.79 Å². The smallest absolute Gasteiger partial charge is 0.233 e. The van der Waals surface area contributed by atoms with Crippen molar-refractivity contribution in [1.82, 2.24) is 0 Å². The first-order chi connectivity index (χ1) is 9.66. The third-order valence-electron chi connectivity index (χ3n) is 3.36. The molecule has 1 aliphatic rings. The number of anilines is 2. The molecule has 1 unspecified atom stereocenters. The van der Waals surface area contributed by atoms with Gasteiger partial charge in [-0.05, 0) is 23.8 Å². The molecule has 20 heavy (non-hydrogen) atoms. The largest absolute Gasteiger partial charge is 0.384 e. The van der Waals surface area contributed by atoms with E-state index in [1.54, 1.807) is 18.2 Å². The van der Waals surface area contributed by atoms with E-state index in [-0.39, 0.29) is 11.8 Å². The van der Waals surface area contributed by atoms with Gasteiger partial charge in [-0.1, -0.05) is 47.5 Å². The van der Waals surface area contributed by atoms with Crippen LogP contribution in [0.3, 0.4) is 0 Å². The predicted molar refractivity (Wildman–Crippen MR) is 82.8 cm³/mol. The molecule has 3 rings (SSSR count). The van der Waals surface area contributed by atoms with Gasteiger partial charge in [0, 0.05) is 12.2 Å². The van der Waals surface area contributed by atoms with Crippen LogP contribution in [0.15, 0.2) is 42.5 Å². The lowest BCUT2D eigenvalue weighted by Crippen LogP contribution is -2.22. The summed E-state index contributed by atoms with van der Waals surface area (Å²) in [6, 6.07) is 13.0. The monoisotopic (exact) mass is 306 g/mol. The second-order valence-corrected chi connectivity index (χ2v) is 5.40. The molecule has 0 saturated carbocycles.